The predicted molar refractivity (Wildman–Crippen MR) is 70.0 cm³/mol. The van der Waals surface area contributed by atoms with Gasteiger partial charge in [-0.2, -0.15) is 4.37 Å². The number of nitrogens with one attached hydrogen (secondary N) is 1. The zero-order valence-electron chi connectivity index (χ0n) is 11.0. The molecule has 1 heterocycles. The molecule has 0 amide bonds. The third-order valence-electron chi connectivity index (χ3n) is 2.48. The van der Waals surface area contributed by atoms with Crippen molar-refractivity contribution in [2.24, 2.45) is 0 Å². The summed E-state index contributed by atoms with van der Waals surface area (Å²) < 4.78 is 13.5. The third kappa shape index (κ3) is 4.85. The van der Waals surface area contributed by atoms with Crippen LogP contribution in [0.5, 0.6) is 5.88 Å². The molecular formula is C11H21N3O3S. The number of aliphatic hydroxyl groups is 2. The Hall–Kier alpha value is -0.760. The van der Waals surface area contributed by atoms with Crippen LogP contribution < -0.4 is 10.1 Å². The van der Waals surface area contributed by atoms with E-state index < -0.39 is 11.6 Å². The van der Waals surface area contributed by atoms with Crippen molar-refractivity contribution in [3.8, 4) is 5.88 Å². The third-order valence-corrected chi connectivity index (χ3v) is 3.03. The van der Waals surface area contributed by atoms with Gasteiger partial charge < -0.3 is 20.3 Å². The average Bonchev–Trinajstić information content (AvgIpc) is 2.81. The first kappa shape index (κ1) is 15.3. The minimum Gasteiger partial charge on any atom is -0.473 e. The SMILES string of the molecule is CCc1nsnc1OCC(O)CNC(C)(C)CO. The minimum absolute atomic E-state index is 0.0105. The van der Waals surface area contributed by atoms with Gasteiger partial charge in [-0.05, 0) is 20.3 Å². The molecule has 1 atom stereocenters. The molecule has 7 heteroatoms. The summed E-state index contributed by atoms with van der Waals surface area (Å²) in [4.78, 5) is 0. The normalized spacial score (nSPS) is 13.6. The smallest absolute Gasteiger partial charge is 0.249 e. The average molecular weight is 275 g/mol. The number of ether oxygens (including phenoxy) is 1. The van der Waals surface area contributed by atoms with Crippen molar-refractivity contribution in [3.63, 3.8) is 0 Å². The Morgan fingerprint density at radius 2 is 2.17 bits per heavy atom. The Kier molecular flexibility index (Phi) is 5.94. The summed E-state index contributed by atoms with van der Waals surface area (Å²) in [6, 6.07) is 0. The molecule has 0 saturated heterocycles. The van der Waals surface area contributed by atoms with E-state index in [0.717, 1.165) is 23.8 Å². The van der Waals surface area contributed by atoms with Crippen LogP contribution in [0.15, 0.2) is 0 Å². The van der Waals surface area contributed by atoms with Crippen LogP contribution in [-0.2, 0) is 6.42 Å². The first-order chi connectivity index (χ1) is 8.48. The maximum absolute atomic E-state index is 9.76. The van der Waals surface area contributed by atoms with Crippen molar-refractivity contribution >= 4 is 11.7 Å². The first-order valence-electron chi connectivity index (χ1n) is 5.96. The molecule has 0 aromatic carbocycles. The maximum Gasteiger partial charge on any atom is 0.249 e. The number of β-amino-alcohol motifs (C(OH)–C–C–N with tert-alkyl or cyclic N) is 1. The lowest BCUT2D eigenvalue weighted by molar-refractivity contribution is 0.0887. The number of aryl methyl sites for hydroxylation is 1. The van der Waals surface area contributed by atoms with E-state index in [-0.39, 0.29) is 13.2 Å². The standard InChI is InChI=1S/C11H21N3O3S/c1-4-9-10(14-18-13-9)17-6-8(16)5-12-11(2,3)7-15/h8,12,15-16H,4-7H2,1-3H3. The van der Waals surface area contributed by atoms with Crippen molar-refractivity contribution in [1.82, 2.24) is 14.1 Å². The Morgan fingerprint density at radius 1 is 1.44 bits per heavy atom. The molecule has 6 nitrogen and oxygen atoms in total. The van der Waals surface area contributed by atoms with Gasteiger partial charge in [-0.15, -0.1) is 4.37 Å². The fourth-order valence-corrected chi connectivity index (χ4v) is 1.79. The summed E-state index contributed by atoms with van der Waals surface area (Å²) >= 11 is 1.11. The van der Waals surface area contributed by atoms with Crippen LogP contribution in [-0.4, -0.2) is 50.4 Å². The van der Waals surface area contributed by atoms with Crippen molar-refractivity contribution in [2.45, 2.75) is 38.8 Å². The zero-order valence-corrected chi connectivity index (χ0v) is 11.8. The zero-order chi connectivity index (χ0) is 13.6. The molecule has 0 saturated carbocycles. The fraction of sp³-hybridized carbons (Fsp3) is 0.818. The summed E-state index contributed by atoms with van der Waals surface area (Å²) in [7, 11) is 0. The van der Waals surface area contributed by atoms with E-state index in [1.807, 2.05) is 20.8 Å². The van der Waals surface area contributed by atoms with Gasteiger partial charge in [0.1, 0.15) is 18.4 Å². The van der Waals surface area contributed by atoms with E-state index in [1.165, 1.54) is 0 Å². The van der Waals surface area contributed by atoms with E-state index in [0.29, 0.717) is 12.4 Å². The molecule has 1 aromatic heterocycles. The molecular weight excluding hydrogens is 254 g/mol. The molecule has 1 aromatic rings. The second kappa shape index (κ2) is 6.98. The van der Waals surface area contributed by atoms with E-state index >= 15 is 0 Å². The topological polar surface area (TPSA) is 87.5 Å². The Labute approximate surface area is 111 Å². The Morgan fingerprint density at radius 3 is 2.78 bits per heavy atom. The molecule has 0 aliphatic rings. The van der Waals surface area contributed by atoms with Crippen LogP contribution in [0.25, 0.3) is 0 Å². The fourth-order valence-electron chi connectivity index (χ4n) is 1.21. The molecule has 0 spiro atoms. The molecule has 1 unspecified atom stereocenters. The quantitative estimate of drug-likeness (QED) is 0.628. The van der Waals surface area contributed by atoms with Gasteiger partial charge in [0.05, 0.1) is 18.3 Å². The predicted octanol–water partition coefficient (Wildman–Crippen LogP) is 0.201. The number of hydrogen-bond acceptors (Lipinski definition) is 7. The molecule has 104 valence electrons. The van der Waals surface area contributed by atoms with E-state index in [9.17, 15) is 5.11 Å². The molecule has 0 radical (unpaired) electrons. The van der Waals surface area contributed by atoms with Crippen LogP contribution in [0.2, 0.25) is 0 Å². The van der Waals surface area contributed by atoms with Gasteiger partial charge in [-0.25, -0.2) is 0 Å². The summed E-state index contributed by atoms with van der Waals surface area (Å²) in [5.74, 6) is 0.503. The molecule has 0 bridgehead atoms. The largest absolute Gasteiger partial charge is 0.473 e. The second-order valence-corrected chi connectivity index (χ2v) is 5.29. The lowest BCUT2D eigenvalue weighted by Gasteiger charge is -2.25. The van der Waals surface area contributed by atoms with Crippen LogP contribution in [0.3, 0.4) is 0 Å². The van der Waals surface area contributed by atoms with Gasteiger partial charge in [0.15, 0.2) is 0 Å². The Balaban J connectivity index is 2.31. The van der Waals surface area contributed by atoms with Gasteiger partial charge in [0, 0.05) is 12.1 Å². The van der Waals surface area contributed by atoms with Crippen LogP contribution in [0, 0.1) is 0 Å². The highest BCUT2D eigenvalue weighted by molar-refractivity contribution is 6.99. The maximum atomic E-state index is 9.76. The number of aliphatic hydroxyl groups excluding tert-OH is 2. The van der Waals surface area contributed by atoms with Gasteiger partial charge in [0.25, 0.3) is 0 Å². The summed E-state index contributed by atoms with van der Waals surface area (Å²) in [5, 5.41) is 21.9. The van der Waals surface area contributed by atoms with E-state index in [2.05, 4.69) is 14.1 Å². The molecule has 1 rings (SSSR count). The van der Waals surface area contributed by atoms with Crippen molar-refractivity contribution in [1.29, 1.82) is 0 Å². The van der Waals surface area contributed by atoms with Gasteiger partial charge >= 0.3 is 0 Å². The van der Waals surface area contributed by atoms with Gasteiger partial charge in [0.2, 0.25) is 5.88 Å². The minimum atomic E-state index is -0.651. The highest BCUT2D eigenvalue weighted by Gasteiger charge is 2.18. The number of nitrogens with zero attached hydrogens (tertiary/aromatic N) is 2. The van der Waals surface area contributed by atoms with E-state index in [4.69, 9.17) is 9.84 Å². The van der Waals surface area contributed by atoms with Gasteiger partial charge in [-0.1, -0.05) is 6.92 Å². The summed E-state index contributed by atoms with van der Waals surface area (Å²) in [5.41, 5.74) is 0.411. The number of aromatic nitrogens is 2. The van der Waals surface area contributed by atoms with Crippen LogP contribution >= 0.6 is 11.7 Å². The highest BCUT2D eigenvalue weighted by Crippen LogP contribution is 2.15. The lowest BCUT2D eigenvalue weighted by Crippen LogP contribution is -2.47. The summed E-state index contributed by atoms with van der Waals surface area (Å²) in [6.45, 7) is 6.22. The van der Waals surface area contributed by atoms with Crippen LogP contribution in [0.4, 0.5) is 0 Å². The monoisotopic (exact) mass is 275 g/mol. The first-order valence-corrected chi connectivity index (χ1v) is 6.69. The second-order valence-electron chi connectivity index (χ2n) is 4.76. The van der Waals surface area contributed by atoms with Crippen LogP contribution in [0.1, 0.15) is 26.5 Å². The number of rotatable bonds is 8. The van der Waals surface area contributed by atoms with Gasteiger partial charge in [-0.3, -0.25) is 0 Å². The highest BCUT2D eigenvalue weighted by atomic mass is 32.1. The van der Waals surface area contributed by atoms with Crippen molar-refractivity contribution in [3.05, 3.63) is 5.69 Å². The number of hydrogen-bond donors (Lipinski definition) is 3. The molecule has 0 aliphatic carbocycles. The van der Waals surface area contributed by atoms with Crippen molar-refractivity contribution < 1.29 is 14.9 Å². The molecule has 0 aliphatic heterocycles. The molecule has 18 heavy (non-hydrogen) atoms. The van der Waals surface area contributed by atoms with Crippen molar-refractivity contribution in [2.75, 3.05) is 19.8 Å². The summed E-state index contributed by atoms with van der Waals surface area (Å²) in [6.07, 6.45) is 0.111. The lowest BCUT2D eigenvalue weighted by atomic mass is 10.1. The Bertz CT molecular complexity index is 357. The molecule has 0 fully saturated rings. The van der Waals surface area contributed by atoms with E-state index in [1.54, 1.807) is 0 Å². The molecule has 3 N–H and O–H groups in total.